The molecule has 0 unspecified atom stereocenters. The zero-order chi connectivity index (χ0) is 18.4. The van der Waals surface area contributed by atoms with E-state index < -0.39 is 6.15 Å². The fourth-order valence-electron chi connectivity index (χ4n) is 3.77. The fourth-order valence-corrected chi connectivity index (χ4v) is 3.77. The summed E-state index contributed by atoms with van der Waals surface area (Å²) in [7, 11) is 0. The molecule has 0 saturated heterocycles. The second-order valence-corrected chi connectivity index (χ2v) is 6.73. The third kappa shape index (κ3) is 3.43. The van der Waals surface area contributed by atoms with Crippen LogP contribution in [0, 0.1) is 11.7 Å². The van der Waals surface area contributed by atoms with Crippen LogP contribution in [0.2, 0.25) is 0 Å². The second kappa shape index (κ2) is 7.81. The normalized spacial score (nSPS) is 10.7. The van der Waals surface area contributed by atoms with Crippen molar-refractivity contribution in [2.24, 2.45) is 0 Å². The van der Waals surface area contributed by atoms with E-state index in [2.05, 4.69) is 115 Å². The molecule has 0 radical (unpaired) electrons. The maximum Gasteiger partial charge on any atom is 0.149 e. The molecule has 0 heterocycles. The van der Waals surface area contributed by atoms with Crippen LogP contribution >= 0.6 is 0 Å². The fraction of sp³-hybridized carbons (Fsp3) is 0. The van der Waals surface area contributed by atoms with Gasteiger partial charge >= 0.3 is 0 Å². The lowest BCUT2D eigenvalue weighted by atomic mass is 9.16. The van der Waals surface area contributed by atoms with E-state index in [1.807, 2.05) is 18.2 Å². The Labute approximate surface area is 161 Å². The molecule has 0 aliphatic heterocycles. The van der Waals surface area contributed by atoms with Crippen LogP contribution in [0.5, 0.6) is 0 Å². The van der Waals surface area contributed by atoms with Crippen LogP contribution in [0.1, 0.15) is 5.56 Å². The first-order chi connectivity index (χ1) is 13.4. The lowest BCUT2D eigenvalue weighted by molar-refractivity contribution is 1.65. The quantitative estimate of drug-likeness (QED) is 0.393. The second-order valence-electron chi connectivity index (χ2n) is 6.73. The van der Waals surface area contributed by atoms with Crippen LogP contribution in [0.4, 0.5) is 0 Å². The Hall–Kier alpha value is -3.50. The van der Waals surface area contributed by atoms with Crippen LogP contribution in [-0.4, -0.2) is 6.15 Å². The summed E-state index contributed by atoms with van der Waals surface area (Å²) >= 11 is 0. The highest BCUT2D eigenvalue weighted by Crippen LogP contribution is 2.08. The first-order valence-electron chi connectivity index (χ1n) is 9.30. The van der Waals surface area contributed by atoms with Gasteiger partial charge in [-0.1, -0.05) is 109 Å². The van der Waals surface area contributed by atoms with Gasteiger partial charge in [0.15, 0.2) is 0 Å². The lowest BCUT2D eigenvalue weighted by Crippen LogP contribution is -2.66. The lowest BCUT2D eigenvalue weighted by Gasteiger charge is -2.38. The van der Waals surface area contributed by atoms with Crippen molar-refractivity contribution in [2.45, 2.75) is 0 Å². The van der Waals surface area contributed by atoms with Crippen molar-refractivity contribution in [1.82, 2.24) is 0 Å². The molecule has 0 atom stereocenters. The van der Waals surface area contributed by atoms with E-state index in [4.69, 9.17) is 0 Å². The molecule has 0 aromatic heterocycles. The molecule has 4 rings (SSSR count). The summed E-state index contributed by atoms with van der Waals surface area (Å²) in [5.74, 6) is 7.17. The molecule has 128 valence electrons. The molecule has 0 amide bonds. The number of benzene rings is 4. The number of hydrogen-bond donors (Lipinski definition) is 0. The van der Waals surface area contributed by atoms with Crippen molar-refractivity contribution in [3.8, 4) is 11.7 Å². The van der Waals surface area contributed by atoms with Crippen LogP contribution in [0.25, 0.3) is 0 Å². The molecule has 0 nitrogen and oxygen atoms in total. The highest BCUT2D eigenvalue weighted by Gasteiger charge is 2.27. The van der Waals surface area contributed by atoms with Crippen molar-refractivity contribution in [3.63, 3.8) is 0 Å². The smallest absolute Gasteiger partial charge is 0.149 e. The van der Waals surface area contributed by atoms with Crippen LogP contribution < -0.4 is 16.4 Å². The van der Waals surface area contributed by atoms with Crippen molar-refractivity contribution < 1.29 is 0 Å². The van der Waals surface area contributed by atoms with Crippen molar-refractivity contribution in [3.05, 3.63) is 127 Å². The molecule has 0 aliphatic carbocycles. The minimum atomic E-state index is -1.40. The van der Waals surface area contributed by atoms with Gasteiger partial charge in [0.05, 0.1) is 0 Å². The van der Waals surface area contributed by atoms with Crippen molar-refractivity contribution in [2.75, 3.05) is 0 Å². The Morgan fingerprint density at radius 1 is 0.407 bits per heavy atom. The first-order valence-corrected chi connectivity index (χ1v) is 9.30. The molecular weight excluding hydrogens is 323 g/mol. The van der Waals surface area contributed by atoms with Gasteiger partial charge in [-0.05, 0) is 12.1 Å². The minimum Gasteiger partial charge on any atom is -0.292 e. The van der Waals surface area contributed by atoms with Gasteiger partial charge in [-0.25, -0.2) is 0 Å². The monoisotopic (exact) mass is 343 g/mol. The third-order valence-corrected chi connectivity index (χ3v) is 5.11. The highest BCUT2D eigenvalue weighted by molar-refractivity contribution is 7.16. The van der Waals surface area contributed by atoms with Gasteiger partial charge < -0.3 is 0 Å². The molecule has 27 heavy (non-hydrogen) atoms. The Morgan fingerprint density at radius 2 is 0.741 bits per heavy atom. The van der Waals surface area contributed by atoms with E-state index in [1.165, 1.54) is 16.4 Å². The maximum atomic E-state index is 3.71. The third-order valence-electron chi connectivity index (χ3n) is 5.11. The van der Waals surface area contributed by atoms with E-state index >= 15 is 0 Å². The van der Waals surface area contributed by atoms with E-state index in [-0.39, 0.29) is 0 Å². The zero-order valence-electron chi connectivity index (χ0n) is 15.1. The summed E-state index contributed by atoms with van der Waals surface area (Å²) in [6.45, 7) is 0. The van der Waals surface area contributed by atoms with Crippen molar-refractivity contribution >= 4 is 22.5 Å². The molecule has 1 heteroatoms. The Balaban J connectivity index is 2.03. The van der Waals surface area contributed by atoms with Crippen LogP contribution in [0.3, 0.4) is 0 Å². The van der Waals surface area contributed by atoms with E-state index in [9.17, 15) is 0 Å². The number of rotatable bonds is 3. The van der Waals surface area contributed by atoms with Gasteiger partial charge in [-0.15, -0.1) is 5.92 Å². The van der Waals surface area contributed by atoms with Gasteiger partial charge in [0.25, 0.3) is 0 Å². The van der Waals surface area contributed by atoms with Gasteiger partial charge in [-0.3, -0.25) is 5.82 Å². The predicted octanol–water partition coefficient (Wildman–Crippen LogP) is 3.75. The molecule has 0 spiro atoms. The van der Waals surface area contributed by atoms with Gasteiger partial charge in [-0.2, -0.15) is 16.4 Å². The first kappa shape index (κ1) is 16.9. The average molecular weight is 343 g/mol. The van der Waals surface area contributed by atoms with Crippen LogP contribution in [0.15, 0.2) is 121 Å². The van der Waals surface area contributed by atoms with E-state index in [0.717, 1.165) is 5.56 Å². The van der Waals surface area contributed by atoms with Gasteiger partial charge in [0.1, 0.15) is 6.15 Å². The summed E-state index contributed by atoms with van der Waals surface area (Å²) in [6.07, 6.45) is -1.40. The number of hydrogen-bond acceptors (Lipinski definition) is 0. The minimum absolute atomic E-state index is 1.03. The molecule has 0 fully saturated rings. The largest absolute Gasteiger partial charge is 0.292 e. The average Bonchev–Trinajstić information content (AvgIpc) is 2.77. The Morgan fingerprint density at radius 3 is 1.11 bits per heavy atom. The standard InChI is InChI=1S/C26H20B/c1-5-13-23(14-6-1)21-22-27(24-15-7-2-8-16-24,25-17-9-3-10-18-25)26-19-11-4-12-20-26/h1-20H/q-1. The maximum absolute atomic E-state index is 3.71. The van der Waals surface area contributed by atoms with Crippen molar-refractivity contribution in [1.29, 1.82) is 0 Å². The molecule has 0 bridgehead atoms. The van der Waals surface area contributed by atoms with Crippen LogP contribution in [-0.2, 0) is 0 Å². The predicted molar refractivity (Wildman–Crippen MR) is 117 cm³/mol. The van der Waals surface area contributed by atoms with Gasteiger partial charge in [0.2, 0.25) is 0 Å². The summed E-state index contributed by atoms with van der Waals surface area (Å²) in [6, 6.07) is 42.2. The Bertz CT molecular complexity index is 947. The molecule has 0 aliphatic rings. The SMILES string of the molecule is C(#C[B-](c1ccccc1)(c1ccccc1)c1ccccc1)c1ccccc1. The van der Waals surface area contributed by atoms with E-state index in [0.29, 0.717) is 0 Å². The zero-order valence-corrected chi connectivity index (χ0v) is 15.1. The molecule has 4 aromatic rings. The summed E-state index contributed by atoms with van der Waals surface area (Å²) in [5, 5.41) is 0. The van der Waals surface area contributed by atoms with Gasteiger partial charge in [0, 0.05) is 5.56 Å². The Kier molecular flexibility index (Phi) is 4.90. The summed E-state index contributed by atoms with van der Waals surface area (Å²) < 4.78 is 0. The molecule has 4 aromatic carbocycles. The molecule has 0 saturated carbocycles. The summed E-state index contributed by atoms with van der Waals surface area (Å²) in [5.41, 5.74) is 4.74. The van der Waals surface area contributed by atoms with E-state index in [1.54, 1.807) is 0 Å². The molecular formula is C26H20B-. The highest BCUT2D eigenvalue weighted by atomic mass is 14.0. The topological polar surface area (TPSA) is 0 Å². The summed E-state index contributed by atoms with van der Waals surface area (Å²) in [4.78, 5) is 0. The molecule has 0 N–H and O–H groups in total.